The van der Waals surface area contributed by atoms with E-state index in [1.165, 1.54) is 0 Å². The molecule has 0 radical (unpaired) electrons. The molecule has 0 bridgehead atoms. The number of hydrogen-bond donors (Lipinski definition) is 1. The van der Waals surface area contributed by atoms with E-state index in [0.717, 1.165) is 49.3 Å². The zero-order chi connectivity index (χ0) is 18.3. The first kappa shape index (κ1) is 17.3. The summed E-state index contributed by atoms with van der Waals surface area (Å²) in [5.41, 5.74) is 2.48. The van der Waals surface area contributed by atoms with Crippen LogP contribution in [0.15, 0.2) is 18.2 Å². The molecule has 4 rings (SSSR count). The van der Waals surface area contributed by atoms with Gasteiger partial charge in [-0.05, 0) is 37.5 Å². The molecule has 3 heterocycles. The number of carbonyl (C=O) groups excluding carboxylic acids is 1. The topological polar surface area (TPSA) is 70.8 Å². The molecule has 1 aromatic heterocycles. The second-order valence-electron chi connectivity index (χ2n) is 7.31. The minimum absolute atomic E-state index is 0.0512. The minimum Gasteiger partial charge on any atom is -0.391 e. The molecule has 1 N–H and O–H groups in total. The second-order valence-corrected chi connectivity index (χ2v) is 7.31. The number of anilines is 1. The molecular weight excluding hydrogens is 332 g/mol. The number of aromatic nitrogens is 2. The Balaban J connectivity index is 1.62. The van der Waals surface area contributed by atoms with Gasteiger partial charge in [0.25, 0.3) is 5.91 Å². The molecule has 2 fully saturated rings. The highest BCUT2D eigenvalue weighted by Crippen LogP contribution is 2.27. The van der Waals surface area contributed by atoms with Crippen LogP contribution in [0.5, 0.6) is 0 Å². The Kier molecular flexibility index (Phi) is 4.58. The van der Waals surface area contributed by atoms with Crippen molar-refractivity contribution in [1.82, 2.24) is 14.5 Å². The molecule has 2 aliphatic heterocycles. The third kappa shape index (κ3) is 2.95. The number of aliphatic hydroxyl groups excluding tert-OH is 1. The fourth-order valence-electron chi connectivity index (χ4n) is 4.16. The first-order chi connectivity index (χ1) is 12.6. The summed E-state index contributed by atoms with van der Waals surface area (Å²) in [6.07, 6.45) is 2.49. The van der Waals surface area contributed by atoms with E-state index >= 15 is 0 Å². The van der Waals surface area contributed by atoms with Crippen LogP contribution < -0.4 is 4.90 Å². The van der Waals surface area contributed by atoms with Crippen LogP contribution in [0.1, 0.15) is 29.6 Å². The van der Waals surface area contributed by atoms with Gasteiger partial charge >= 0.3 is 0 Å². The quantitative estimate of drug-likeness (QED) is 0.894. The van der Waals surface area contributed by atoms with Crippen LogP contribution in [0.4, 0.5) is 5.95 Å². The zero-order valence-electron chi connectivity index (χ0n) is 15.4. The third-order valence-electron chi connectivity index (χ3n) is 5.55. The van der Waals surface area contributed by atoms with Crippen molar-refractivity contribution in [3.8, 4) is 0 Å². The van der Waals surface area contributed by atoms with E-state index in [-0.39, 0.29) is 18.1 Å². The van der Waals surface area contributed by atoms with Crippen LogP contribution in [-0.2, 0) is 11.8 Å². The lowest BCUT2D eigenvalue weighted by atomic mass is 10.1. The number of likely N-dealkylation sites (tertiary alicyclic amines) is 1. The van der Waals surface area contributed by atoms with Gasteiger partial charge in [0.2, 0.25) is 5.95 Å². The lowest BCUT2D eigenvalue weighted by Crippen LogP contribution is -2.38. The fourth-order valence-corrected chi connectivity index (χ4v) is 4.16. The first-order valence-corrected chi connectivity index (χ1v) is 9.28. The van der Waals surface area contributed by atoms with E-state index in [1.54, 1.807) is 7.11 Å². The van der Waals surface area contributed by atoms with Crippen LogP contribution in [0.3, 0.4) is 0 Å². The lowest BCUT2D eigenvalue weighted by Gasteiger charge is -2.24. The Morgan fingerprint density at radius 2 is 2.19 bits per heavy atom. The number of aliphatic hydroxyl groups is 1. The van der Waals surface area contributed by atoms with Crippen LogP contribution >= 0.6 is 0 Å². The van der Waals surface area contributed by atoms with Gasteiger partial charge in [-0.2, -0.15) is 0 Å². The van der Waals surface area contributed by atoms with E-state index in [9.17, 15) is 9.90 Å². The molecule has 1 aromatic carbocycles. The smallest absolute Gasteiger partial charge is 0.254 e. The number of amides is 1. The number of carbonyl (C=O) groups is 1. The first-order valence-electron chi connectivity index (χ1n) is 9.28. The normalized spacial score (nSPS) is 23.3. The standard InChI is InChI=1S/C19H26N4O3/c1-21-17-6-5-13(18(25)23-8-3-4-14(23)12-26-2)10-16(17)20-19(21)22-9-7-15(24)11-22/h5-6,10,14-15,24H,3-4,7-9,11-12H2,1-2H3/t14-,15-/m0/s1. The van der Waals surface area contributed by atoms with Crippen molar-refractivity contribution in [2.24, 2.45) is 7.05 Å². The summed E-state index contributed by atoms with van der Waals surface area (Å²) in [5.74, 6) is 0.898. The number of imidazole rings is 1. The summed E-state index contributed by atoms with van der Waals surface area (Å²) in [5, 5.41) is 9.79. The van der Waals surface area contributed by atoms with E-state index in [1.807, 2.05) is 34.7 Å². The summed E-state index contributed by atoms with van der Waals surface area (Å²) in [7, 11) is 3.66. The van der Waals surface area contributed by atoms with Gasteiger partial charge in [0.1, 0.15) is 0 Å². The van der Waals surface area contributed by atoms with Crippen molar-refractivity contribution in [2.45, 2.75) is 31.4 Å². The summed E-state index contributed by atoms with van der Waals surface area (Å²) < 4.78 is 7.29. The SMILES string of the molecule is COC[C@@H]1CCCN1C(=O)c1ccc2c(c1)nc(N1CC[C@H](O)C1)n2C. The van der Waals surface area contributed by atoms with Crippen molar-refractivity contribution >= 4 is 22.9 Å². The number of methoxy groups -OCH3 is 1. The van der Waals surface area contributed by atoms with Crippen LogP contribution in [-0.4, -0.2) is 71.0 Å². The maximum absolute atomic E-state index is 13.0. The average Bonchev–Trinajstić information content (AvgIpc) is 3.34. The van der Waals surface area contributed by atoms with Gasteiger partial charge in [-0.25, -0.2) is 4.98 Å². The molecule has 1 amide bonds. The maximum atomic E-state index is 13.0. The number of hydrogen-bond acceptors (Lipinski definition) is 5. The molecule has 26 heavy (non-hydrogen) atoms. The van der Waals surface area contributed by atoms with Crippen molar-refractivity contribution in [1.29, 1.82) is 0 Å². The van der Waals surface area contributed by atoms with E-state index < -0.39 is 0 Å². The van der Waals surface area contributed by atoms with Crippen molar-refractivity contribution in [3.05, 3.63) is 23.8 Å². The van der Waals surface area contributed by atoms with Crippen LogP contribution in [0.2, 0.25) is 0 Å². The van der Waals surface area contributed by atoms with E-state index in [4.69, 9.17) is 9.72 Å². The molecule has 0 spiro atoms. The van der Waals surface area contributed by atoms with Crippen molar-refractivity contribution in [3.63, 3.8) is 0 Å². The van der Waals surface area contributed by atoms with Gasteiger partial charge in [-0.3, -0.25) is 4.79 Å². The summed E-state index contributed by atoms with van der Waals surface area (Å²) >= 11 is 0. The number of ether oxygens (including phenoxy) is 1. The van der Waals surface area contributed by atoms with Gasteiger partial charge in [0.15, 0.2) is 0 Å². The Hall–Kier alpha value is -2.12. The van der Waals surface area contributed by atoms with Gasteiger partial charge in [-0.15, -0.1) is 0 Å². The number of β-amino-alcohol motifs (C(OH)–C–C–N with tert-alkyl or cyclic N) is 1. The predicted molar refractivity (Wildman–Crippen MR) is 99.5 cm³/mol. The molecule has 7 heteroatoms. The molecule has 7 nitrogen and oxygen atoms in total. The Morgan fingerprint density at radius 3 is 2.92 bits per heavy atom. The monoisotopic (exact) mass is 358 g/mol. The number of benzene rings is 1. The molecule has 0 saturated carbocycles. The lowest BCUT2D eigenvalue weighted by molar-refractivity contribution is 0.0631. The summed E-state index contributed by atoms with van der Waals surface area (Å²) in [6.45, 7) is 2.77. The second kappa shape index (κ2) is 6.89. The Labute approximate surface area is 153 Å². The molecule has 2 saturated heterocycles. The van der Waals surface area contributed by atoms with Gasteiger partial charge < -0.3 is 24.2 Å². The summed E-state index contributed by atoms with van der Waals surface area (Å²) in [4.78, 5) is 21.7. The highest BCUT2D eigenvalue weighted by atomic mass is 16.5. The number of rotatable bonds is 4. The molecular formula is C19H26N4O3. The molecule has 2 atom stereocenters. The van der Waals surface area contributed by atoms with Gasteiger partial charge in [0.05, 0.1) is 29.8 Å². The predicted octanol–water partition coefficient (Wildman–Crippen LogP) is 1.40. The molecule has 2 aliphatic rings. The third-order valence-corrected chi connectivity index (χ3v) is 5.55. The van der Waals surface area contributed by atoms with Gasteiger partial charge in [0, 0.05) is 39.4 Å². The molecule has 0 unspecified atom stereocenters. The highest BCUT2D eigenvalue weighted by Gasteiger charge is 2.30. The molecule has 140 valence electrons. The van der Waals surface area contributed by atoms with Crippen molar-refractivity contribution < 1.29 is 14.6 Å². The Morgan fingerprint density at radius 1 is 1.35 bits per heavy atom. The average molecular weight is 358 g/mol. The number of aryl methyl sites for hydroxylation is 1. The maximum Gasteiger partial charge on any atom is 0.254 e. The molecule has 0 aliphatic carbocycles. The van der Waals surface area contributed by atoms with Gasteiger partial charge in [-0.1, -0.05) is 0 Å². The fraction of sp³-hybridized carbons (Fsp3) is 0.579. The number of nitrogens with zero attached hydrogens (tertiary/aromatic N) is 4. The highest BCUT2D eigenvalue weighted by molar-refractivity contribution is 5.98. The zero-order valence-corrected chi connectivity index (χ0v) is 15.4. The summed E-state index contributed by atoms with van der Waals surface area (Å²) in [6, 6.07) is 5.90. The minimum atomic E-state index is -0.292. The van der Waals surface area contributed by atoms with Crippen molar-refractivity contribution in [2.75, 3.05) is 38.3 Å². The molecule has 2 aromatic rings. The number of fused-ring (bicyclic) bond motifs is 1. The largest absolute Gasteiger partial charge is 0.391 e. The van der Waals surface area contributed by atoms with E-state index in [0.29, 0.717) is 18.7 Å². The Bertz CT molecular complexity index is 818. The van der Waals surface area contributed by atoms with Crippen LogP contribution in [0.25, 0.3) is 11.0 Å². The van der Waals surface area contributed by atoms with Crippen LogP contribution in [0, 0.1) is 0 Å². The van der Waals surface area contributed by atoms with E-state index in [2.05, 4.69) is 4.90 Å².